The average molecular weight is 219 g/mol. The van der Waals surface area contributed by atoms with Gasteiger partial charge in [0.1, 0.15) is 6.29 Å². The lowest BCUT2D eigenvalue weighted by Gasteiger charge is -2.29. The lowest BCUT2D eigenvalue weighted by molar-refractivity contribution is 0.112. The lowest BCUT2D eigenvalue weighted by Crippen LogP contribution is -2.30. The van der Waals surface area contributed by atoms with Gasteiger partial charge < -0.3 is 4.90 Å². The van der Waals surface area contributed by atoms with Gasteiger partial charge in [0.05, 0.1) is 0 Å². The number of rotatable bonds is 5. The van der Waals surface area contributed by atoms with Gasteiger partial charge in [0.15, 0.2) is 0 Å². The van der Waals surface area contributed by atoms with E-state index in [4.69, 9.17) is 0 Å². The predicted molar refractivity (Wildman–Crippen MR) is 69.3 cm³/mol. The maximum atomic E-state index is 10.7. The standard InChI is InChI=1S/C14H21NO/c1-5-13(6-2)15(4)14-8-7-12(10-16)9-11(14)3/h7-10,13H,5-6H2,1-4H3. The van der Waals surface area contributed by atoms with Crippen molar-refractivity contribution in [2.24, 2.45) is 0 Å². The first-order chi connectivity index (χ1) is 7.63. The Bertz CT molecular complexity index is 356. The highest BCUT2D eigenvalue weighted by Gasteiger charge is 2.12. The Hall–Kier alpha value is -1.31. The van der Waals surface area contributed by atoms with Gasteiger partial charge in [0, 0.05) is 24.3 Å². The van der Waals surface area contributed by atoms with E-state index in [2.05, 4.69) is 32.7 Å². The molecule has 0 aliphatic carbocycles. The van der Waals surface area contributed by atoms with Crippen LogP contribution in [-0.4, -0.2) is 19.4 Å². The summed E-state index contributed by atoms with van der Waals surface area (Å²) in [7, 11) is 2.13. The third kappa shape index (κ3) is 2.63. The second-order valence-electron chi connectivity index (χ2n) is 4.25. The lowest BCUT2D eigenvalue weighted by atomic mass is 10.1. The van der Waals surface area contributed by atoms with Crippen LogP contribution in [0.15, 0.2) is 18.2 Å². The first-order valence-electron chi connectivity index (χ1n) is 5.92. The van der Waals surface area contributed by atoms with Crippen molar-refractivity contribution < 1.29 is 4.79 Å². The SMILES string of the molecule is CCC(CC)N(C)c1ccc(C=O)cc1C. The van der Waals surface area contributed by atoms with Crippen molar-refractivity contribution in [3.05, 3.63) is 29.3 Å². The fraction of sp³-hybridized carbons (Fsp3) is 0.500. The predicted octanol–water partition coefficient (Wildman–Crippen LogP) is 3.43. The summed E-state index contributed by atoms with van der Waals surface area (Å²) in [5.74, 6) is 0. The molecule has 0 radical (unpaired) electrons. The number of anilines is 1. The summed E-state index contributed by atoms with van der Waals surface area (Å²) in [6, 6.07) is 6.44. The Kier molecular flexibility index (Phi) is 4.53. The monoisotopic (exact) mass is 219 g/mol. The number of hydrogen-bond donors (Lipinski definition) is 0. The number of carbonyl (C=O) groups excluding carboxylic acids is 1. The van der Waals surface area contributed by atoms with Crippen LogP contribution in [0.1, 0.15) is 42.6 Å². The van der Waals surface area contributed by atoms with Crippen molar-refractivity contribution in [3.63, 3.8) is 0 Å². The van der Waals surface area contributed by atoms with Gasteiger partial charge in [-0.05, 0) is 43.5 Å². The quantitative estimate of drug-likeness (QED) is 0.707. The van der Waals surface area contributed by atoms with Crippen molar-refractivity contribution in [1.82, 2.24) is 0 Å². The molecule has 0 bridgehead atoms. The summed E-state index contributed by atoms with van der Waals surface area (Å²) < 4.78 is 0. The fourth-order valence-corrected chi connectivity index (χ4v) is 2.18. The maximum Gasteiger partial charge on any atom is 0.150 e. The smallest absolute Gasteiger partial charge is 0.150 e. The number of hydrogen-bond acceptors (Lipinski definition) is 2. The van der Waals surface area contributed by atoms with Crippen molar-refractivity contribution in [1.29, 1.82) is 0 Å². The highest BCUT2D eigenvalue weighted by molar-refractivity contribution is 5.77. The summed E-state index contributed by atoms with van der Waals surface area (Å²) in [6.07, 6.45) is 3.18. The molecule has 0 amide bonds. The highest BCUT2D eigenvalue weighted by atomic mass is 16.1. The number of benzene rings is 1. The van der Waals surface area contributed by atoms with Crippen LogP contribution in [0.5, 0.6) is 0 Å². The van der Waals surface area contributed by atoms with Crippen molar-refractivity contribution >= 4 is 12.0 Å². The van der Waals surface area contributed by atoms with Gasteiger partial charge in [-0.1, -0.05) is 13.8 Å². The minimum absolute atomic E-state index is 0.570. The summed E-state index contributed by atoms with van der Waals surface area (Å²) >= 11 is 0. The third-order valence-corrected chi connectivity index (χ3v) is 3.23. The Morgan fingerprint density at radius 3 is 2.38 bits per heavy atom. The van der Waals surface area contributed by atoms with Crippen LogP contribution >= 0.6 is 0 Å². The van der Waals surface area contributed by atoms with Crippen LogP contribution in [0.4, 0.5) is 5.69 Å². The highest BCUT2D eigenvalue weighted by Crippen LogP contribution is 2.23. The van der Waals surface area contributed by atoms with Crippen molar-refractivity contribution in [2.45, 2.75) is 39.7 Å². The molecule has 0 spiro atoms. The Balaban J connectivity index is 2.99. The topological polar surface area (TPSA) is 20.3 Å². The zero-order valence-corrected chi connectivity index (χ0v) is 10.7. The van der Waals surface area contributed by atoms with Crippen LogP contribution in [0, 0.1) is 6.92 Å². The van der Waals surface area contributed by atoms with Crippen LogP contribution in [0.3, 0.4) is 0 Å². The van der Waals surface area contributed by atoms with Crippen LogP contribution in [-0.2, 0) is 0 Å². The van der Waals surface area contributed by atoms with Gasteiger partial charge in [-0.15, -0.1) is 0 Å². The molecule has 88 valence electrons. The summed E-state index contributed by atoms with van der Waals surface area (Å²) in [6.45, 7) is 6.47. The molecule has 16 heavy (non-hydrogen) atoms. The summed E-state index contributed by atoms with van der Waals surface area (Å²) in [5, 5.41) is 0. The first-order valence-corrected chi connectivity index (χ1v) is 5.92. The van der Waals surface area contributed by atoms with Crippen molar-refractivity contribution in [3.8, 4) is 0 Å². The fourth-order valence-electron chi connectivity index (χ4n) is 2.18. The number of aryl methyl sites for hydroxylation is 1. The number of nitrogens with zero attached hydrogens (tertiary/aromatic N) is 1. The molecule has 0 saturated carbocycles. The molecule has 1 rings (SSSR count). The molecule has 1 aromatic rings. The molecule has 0 fully saturated rings. The van der Waals surface area contributed by atoms with E-state index in [0.29, 0.717) is 6.04 Å². The molecule has 2 heteroatoms. The molecular weight excluding hydrogens is 198 g/mol. The van der Waals surface area contributed by atoms with Crippen LogP contribution in [0.25, 0.3) is 0 Å². The Morgan fingerprint density at radius 1 is 1.31 bits per heavy atom. The molecule has 0 heterocycles. The van der Waals surface area contributed by atoms with Crippen molar-refractivity contribution in [2.75, 3.05) is 11.9 Å². The molecule has 0 aromatic heterocycles. The van der Waals surface area contributed by atoms with Gasteiger partial charge in [0.25, 0.3) is 0 Å². The van der Waals surface area contributed by atoms with Gasteiger partial charge in [-0.3, -0.25) is 4.79 Å². The van der Waals surface area contributed by atoms with E-state index in [1.165, 1.54) is 11.3 Å². The molecule has 2 nitrogen and oxygen atoms in total. The van der Waals surface area contributed by atoms with Crippen LogP contribution < -0.4 is 4.90 Å². The molecule has 0 unspecified atom stereocenters. The molecule has 0 atom stereocenters. The second-order valence-corrected chi connectivity index (χ2v) is 4.25. The number of carbonyl (C=O) groups is 1. The van der Waals surface area contributed by atoms with E-state index in [1.807, 2.05) is 18.2 Å². The second kappa shape index (κ2) is 5.69. The van der Waals surface area contributed by atoms with Crippen LogP contribution in [0.2, 0.25) is 0 Å². The summed E-state index contributed by atoms with van der Waals surface area (Å²) in [4.78, 5) is 13.0. The third-order valence-electron chi connectivity index (χ3n) is 3.23. The minimum Gasteiger partial charge on any atom is -0.371 e. The van der Waals surface area contributed by atoms with Gasteiger partial charge in [0.2, 0.25) is 0 Å². The van der Waals surface area contributed by atoms with E-state index in [1.54, 1.807) is 0 Å². The summed E-state index contributed by atoms with van der Waals surface area (Å²) in [5.41, 5.74) is 3.14. The van der Waals surface area contributed by atoms with Gasteiger partial charge >= 0.3 is 0 Å². The van der Waals surface area contributed by atoms with E-state index in [0.717, 1.165) is 24.7 Å². The number of aldehydes is 1. The van der Waals surface area contributed by atoms with E-state index in [9.17, 15) is 4.79 Å². The Labute approximate surface area is 98.3 Å². The Morgan fingerprint density at radius 2 is 1.94 bits per heavy atom. The van der Waals surface area contributed by atoms with Gasteiger partial charge in [-0.2, -0.15) is 0 Å². The molecule has 0 aliphatic rings. The van der Waals surface area contributed by atoms with Gasteiger partial charge in [-0.25, -0.2) is 0 Å². The van der Waals surface area contributed by atoms with E-state index in [-0.39, 0.29) is 0 Å². The maximum absolute atomic E-state index is 10.7. The van der Waals surface area contributed by atoms with E-state index < -0.39 is 0 Å². The zero-order valence-electron chi connectivity index (χ0n) is 10.7. The molecule has 0 aliphatic heterocycles. The zero-order chi connectivity index (χ0) is 12.1. The normalized spacial score (nSPS) is 10.6. The van der Waals surface area contributed by atoms with E-state index >= 15 is 0 Å². The largest absolute Gasteiger partial charge is 0.371 e. The molecule has 0 N–H and O–H groups in total. The minimum atomic E-state index is 0.570. The molecule has 1 aromatic carbocycles. The first kappa shape index (κ1) is 12.8. The molecular formula is C14H21NO. The average Bonchev–Trinajstić information content (AvgIpc) is 2.30. The molecule has 0 saturated heterocycles.